The van der Waals surface area contributed by atoms with E-state index in [-0.39, 0.29) is 5.91 Å². The molecular weight excluding hydrogens is 296 g/mol. The molecule has 18 heavy (non-hydrogen) atoms. The van der Waals surface area contributed by atoms with E-state index in [0.29, 0.717) is 29.1 Å². The summed E-state index contributed by atoms with van der Waals surface area (Å²) < 4.78 is 0. The van der Waals surface area contributed by atoms with Crippen LogP contribution in [0.1, 0.15) is 32.1 Å². The van der Waals surface area contributed by atoms with E-state index >= 15 is 0 Å². The summed E-state index contributed by atoms with van der Waals surface area (Å²) in [5, 5.41) is 0. The van der Waals surface area contributed by atoms with Crippen LogP contribution in [0.25, 0.3) is 0 Å². The lowest BCUT2D eigenvalue weighted by Crippen LogP contribution is -2.47. The first-order valence-corrected chi connectivity index (χ1v) is 7.79. The van der Waals surface area contributed by atoms with Crippen molar-refractivity contribution in [2.45, 2.75) is 43.0 Å². The molecule has 0 aromatic carbocycles. The predicted molar refractivity (Wildman–Crippen MR) is 71.4 cm³/mol. The van der Waals surface area contributed by atoms with Gasteiger partial charge >= 0.3 is 0 Å². The summed E-state index contributed by atoms with van der Waals surface area (Å²) in [6, 6.07) is 0.350. The summed E-state index contributed by atoms with van der Waals surface area (Å²) in [6.07, 6.45) is 4.68. The smallest absolute Gasteiger partial charge is 0.225 e. The van der Waals surface area contributed by atoms with Crippen LogP contribution in [0.3, 0.4) is 0 Å². The Bertz CT molecular complexity index is 362. The van der Waals surface area contributed by atoms with Crippen molar-refractivity contribution in [2.75, 3.05) is 19.6 Å². The summed E-state index contributed by atoms with van der Waals surface area (Å²) in [7, 11) is 0. The maximum atomic E-state index is 11.9. The lowest BCUT2D eigenvalue weighted by molar-refractivity contribution is -0.135. The maximum Gasteiger partial charge on any atom is 0.225 e. The van der Waals surface area contributed by atoms with Crippen LogP contribution in [-0.4, -0.2) is 52.1 Å². The fourth-order valence-corrected chi connectivity index (χ4v) is 3.61. The quantitative estimate of drug-likeness (QED) is 0.723. The van der Waals surface area contributed by atoms with Crippen molar-refractivity contribution in [1.29, 1.82) is 0 Å². The number of alkyl halides is 1. The van der Waals surface area contributed by atoms with Crippen LogP contribution in [0.2, 0.25) is 0 Å². The van der Waals surface area contributed by atoms with Crippen LogP contribution in [0.4, 0.5) is 0 Å². The topological polar surface area (TPSA) is 40.6 Å². The van der Waals surface area contributed by atoms with Gasteiger partial charge in [0.1, 0.15) is 0 Å². The number of piperidine rings is 1. The van der Waals surface area contributed by atoms with Gasteiger partial charge in [-0.15, -0.1) is 0 Å². The lowest BCUT2D eigenvalue weighted by Gasteiger charge is -2.36. The number of amides is 2. The summed E-state index contributed by atoms with van der Waals surface area (Å²) >= 11 is 3.52. The van der Waals surface area contributed by atoms with Crippen LogP contribution >= 0.6 is 15.9 Å². The van der Waals surface area contributed by atoms with Gasteiger partial charge in [0.2, 0.25) is 11.8 Å². The van der Waals surface area contributed by atoms with E-state index in [2.05, 4.69) is 15.9 Å². The van der Waals surface area contributed by atoms with Crippen molar-refractivity contribution in [1.82, 2.24) is 9.80 Å². The minimum absolute atomic E-state index is 0.267. The van der Waals surface area contributed by atoms with Crippen molar-refractivity contribution in [3.8, 4) is 0 Å². The molecule has 0 spiro atoms. The van der Waals surface area contributed by atoms with Crippen molar-refractivity contribution in [3.05, 3.63) is 0 Å². The largest absolute Gasteiger partial charge is 0.342 e. The van der Waals surface area contributed by atoms with Gasteiger partial charge in [0.15, 0.2) is 0 Å². The lowest BCUT2D eigenvalue weighted by atomic mass is 10.0. The minimum atomic E-state index is 0.267. The first-order chi connectivity index (χ1) is 8.65. The Kier molecular flexibility index (Phi) is 3.34. The average Bonchev–Trinajstić information content (AvgIpc) is 3.15. The zero-order valence-electron chi connectivity index (χ0n) is 10.5. The third-order valence-electron chi connectivity index (χ3n) is 4.25. The second-order valence-corrected chi connectivity index (χ2v) is 6.97. The third-order valence-corrected chi connectivity index (χ3v) is 4.87. The highest BCUT2D eigenvalue weighted by molar-refractivity contribution is 9.09. The fourth-order valence-electron chi connectivity index (χ4n) is 3.03. The Morgan fingerprint density at radius 3 is 2.33 bits per heavy atom. The molecule has 0 bridgehead atoms. The highest BCUT2D eigenvalue weighted by atomic mass is 79.9. The molecule has 2 saturated heterocycles. The predicted octanol–water partition coefficient (Wildman–Crippen LogP) is 1.38. The van der Waals surface area contributed by atoms with E-state index < -0.39 is 0 Å². The summed E-state index contributed by atoms with van der Waals surface area (Å²) in [5.74, 6) is 0.935. The summed E-state index contributed by atoms with van der Waals surface area (Å²) in [4.78, 5) is 28.1. The van der Waals surface area contributed by atoms with E-state index in [1.54, 1.807) is 0 Å². The molecule has 3 aliphatic rings. The molecule has 100 valence electrons. The van der Waals surface area contributed by atoms with Crippen LogP contribution in [0.15, 0.2) is 0 Å². The number of carbonyl (C=O) groups is 2. The van der Waals surface area contributed by atoms with Gasteiger partial charge in [-0.05, 0) is 25.7 Å². The van der Waals surface area contributed by atoms with Gasteiger partial charge < -0.3 is 9.80 Å². The van der Waals surface area contributed by atoms with E-state index in [1.165, 1.54) is 0 Å². The molecule has 1 saturated carbocycles. The molecular formula is C13H19BrN2O2. The molecule has 0 aromatic heterocycles. The van der Waals surface area contributed by atoms with Crippen LogP contribution < -0.4 is 0 Å². The van der Waals surface area contributed by atoms with Gasteiger partial charge in [-0.1, -0.05) is 15.9 Å². The second kappa shape index (κ2) is 4.83. The molecule has 2 aliphatic heterocycles. The van der Waals surface area contributed by atoms with E-state index in [4.69, 9.17) is 0 Å². The van der Waals surface area contributed by atoms with Gasteiger partial charge in [-0.3, -0.25) is 9.59 Å². The second-order valence-electron chi connectivity index (χ2n) is 5.68. The highest BCUT2D eigenvalue weighted by Crippen LogP contribution is 2.33. The summed E-state index contributed by atoms with van der Waals surface area (Å²) in [5.41, 5.74) is 0. The maximum absolute atomic E-state index is 11.9. The minimum Gasteiger partial charge on any atom is -0.342 e. The molecule has 3 rings (SSSR count). The molecule has 1 aliphatic carbocycles. The normalized spacial score (nSPS) is 30.1. The Morgan fingerprint density at radius 1 is 1.17 bits per heavy atom. The third kappa shape index (κ3) is 2.42. The Morgan fingerprint density at radius 2 is 1.83 bits per heavy atom. The number of hydrogen-bond donors (Lipinski definition) is 0. The molecule has 4 nitrogen and oxygen atoms in total. The highest BCUT2D eigenvalue weighted by Gasteiger charge is 2.38. The van der Waals surface area contributed by atoms with Crippen molar-refractivity contribution in [2.24, 2.45) is 5.92 Å². The Balaban J connectivity index is 1.53. The number of halogens is 1. The van der Waals surface area contributed by atoms with Crippen LogP contribution in [-0.2, 0) is 9.59 Å². The molecule has 1 atom stereocenters. The first-order valence-electron chi connectivity index (χ1n) is 6.87. The van der Waals surface area contributed by atoms with E-state index in [9.17, 15) is 9.59 Å². The van der Waals surface area contributed by atoms with Gasteiger partial charge in [0.05, 0.1) is 0 Å². The monoisotopic (exact) mass is 314 g/mol. The van der Waals surface area contributed by atoms with Crippen LogP contribution in [0, 0.1) is 5.92 Å². The Labute approximate surface area is 116 Å². The Hall–Kier alpha value is -0.580. The van der Waals surface area contributed by atoms with Crippen molar-refractivity contribution >= 4 is 27.7 Å². The number of nitrogens with zero attached hydrogens (tertiary/aromatic N) is 2. The fraction of sp³-hybridized carbons (Fsp3) is 0.846. The molecule has 5 heteroatoms. The molecule has 0 aromatic rings. The molecule has 2 amide bonds. The number of hydrogen-bond acceptors (Lipinski definition) is 2. The van der Waals surface area contributed by atoms with Crippen molar-refractivity contribution < 1.29 is 9.59 Å². The molecule has 0 N–H and O–H groups in total. The molecule has 3 fully saturated rings. The zero-order chi connectivity index (χ0) is 12.7. The standard InChI is InChI=1S/C13H19BrN2O2/c14-10-7-12(17)16(8-10)11-3-5-15(6-4-11)13(18)9-1-2-9/h9-11H,1-8H2. The number of rotatable bonds is 2. The van der Waals surface area contributed by atoms with E-state index in [0.717, 1.165) is 45.3 Å². The number of carbonyl (C=O) groups excluding carboxylic acids is 2. The van der Waals surface area contributed by atoms with Gasteiger partial charge in [-0.25, -0.2) is 0 Å². The van der Waals surface area contributed by atoms with E-state index in [1.807, 2.05) is 9.80 Å². The van der Waals surface area contributed by atoms with Crippen LogP contribution in [0.5, 0.6) is 0 Å². The average molecular weight is 315 g/mol. The molecule has 2 heterocycles. The molecule has 1 unspecified atom stereocenters. The first kappa shape index (κ1) is 12.5. The van der Waals surface area contributed by atoms with Gasteiger partial charge in [0, 0.05) is 42.8 Å². The summed E-state index contributed by atoms with van der Waals surface area (Å²) in [6.45, 7) is 2.49. The number of likely N-dealkylation sites (tertiary alicyclic amines) is 2. The van der Waals surface area contributed by atoms with Gasteiger partial charge in [-0.2, -0.15) is 0 Å². The van der Waals surface area contributed by atoms with Gasteiger partial charge in [0.25, 0.3) is 0 Å². The SMILES string of the molecule is O=C(C1CC1)N1CCC(N2CC(Br)CC2=O)CC1. The molecule has 0 radical (unpaired) electrons. The zero-order valence-corrected chi connectivity index (χ0v) is 12.1. The van der Waals surface area contributed by atoms with Crippen molar-refractivity contribution in [3.63, 3.8) is 0 Å².